The molecule has 0 aromatic heterocycles. The highest BCUT2D eigenvalue weighted by molar-refractivity contribution is 5.45. The molecule has 0 aliphatic heterocycles. The number of hydrogen-bond donors (Lipinski definition) is 1. The molecule has 0 unspecified atom stereocenters. The van der Waals surface area contributed by atoms with Gasteiger partial charge in [-0.3, -0.25) is 0 Å². The van der Waals surface area contributed by atoms with Crippen LogP contribution in [0.1, 0.15) is 43.2 Å². The normalized spacial score (nSPS) is 17.9. The van der Waals surface area contributed by atoms with Gasteiger partial charge in [-0.2, -0.15) is 0 Å². The summed E-state index contributed by atoms with van der Waals surface area (Å²) in [6, 6.07) is 9.02. The lowest BCUT2D eigenvalue weighted by molar-refractivity contribution is 0.825. The number of benzene rings is 1. The van der Waals surface area contributed by atoms with E-state index in [1.807, 2.05) is 0 Å². The molecule has 2 aliphatic rings. The van der Waals surface area contributed by atoms with Crippen LogP contribution in [0, 0.1) is 0 Å². The van der Waals surface area contributed by atoms with Gasteiger partial charge in [-0.05, 0) is 48.8 Å². The maximum atomic E-state index is 4.14. The highest BCUT2D eigenvalue weighted by Crippen LogP contribution is 2.39. The van der Waals surface area contributed by atoms with E-state index in [0.717, 1.165) is 24.6 Å². The molecule has 1 fully saturated rings. The summed E-state index contributed by atoms with van der Waals surface area (Å²) in [4.78, 5) is 0. The van der Waals surface area contributed by atoms with Gasteiger partial charge in [0.15, 0.2) is 0 Å². The molecule has 0 radical (unpaired) electrons. The van der Waals surface area contributed by atoms with Gasteiger partial charge in [0, 0.05) is 12.2 Å². The van der Waals surface area contributed by atoms with Crippen molar-refractivity contribution in [3.05, 3.63) is 71.0 Å². The summed E-state index contributed by atoms with van der Waals surface area (Å²) >= 11 is 0. The summed E-state index contributed by atoms with van der Waals surface area (Å²) in [5.74, 6) is 0.841. The van der Waals surface area contributed by atoms with E-state index in [2.05, 4.69) is 55.2 Å². The molecule has 0 saturated heterocycles. The third-order valence-electron chi connectivity index (χ3n) is 4.03. The Bertz CT molecular complexity index is 542. The van der Waals surface area contributed by atoms with Gasteiger partial charge in [0.1, 0.15) is 0 Å². The highest BCUT2D eigenvalue weighted by Gasteiger charge is 2.22. The first kappa shape index (κ1) is 12.3. The molecule has 19 heavy (non-hydrogen) atoms. The van der Waals surface area contributed by atoms with Gasteiger partial charge in [0.05, 0.1) is 0 Å². The summed E-state index contributed by atoms with van der Waals surface area (Å²) in [7, 11) is 0. The largest absolute Gasteiger partial charge is 0.381 e. The topological polar surface area (TPSA) is 12.0 Å². The fourth-order valence-electron chi connectivity index (χ4n) is 2.59. The van der Waals surface area contributed by atoms with E-state index in [1.165, 1.54) is 35.1 Å². The fraction of sp³-hybridized carbons (Fsp3) is 0.333. The molecule has 1 aromatic rings. The number of rotatable bonds is 5. The molecule has 1 N–H and O–H groups in total. The van der Waals surface area contributed by atoms with Crippen LogP contribution in [0.25, 0.3) is 0 Å². The van der Waals surface area contributed by atoms with Crippen molar-refractivity contribution in [2.75, 3.05) is 0 Å². The molecule has 98 valence electrons. The van der Waals surface area contributed by atoms with Crippen LogP contribution in [0.15, 0.2) is 59.8 Å². The number of nitrogens with one attached hydrogen (secondary N) is 1. The smallest absolute Gasteiger partial charge is 0.0400 e. The Kier molecular flexibility index (Phi) is 3.29. The van der Waals surface area contributed by atoms with Gasteiger partial charge < -0.3 is 5.32 Å². The van der Waals surface area contributed by atoms with Crippen LogP contribution in [-0.4, -0.2) is 0 Å². The maximum Gasteiger partial charge on any atom is 0.0400 e. The average molecular weight is 251 g/mol. The molecule has 1 nitrogen and oxygen atoms in total. The molecule has 0 heterocycles. The van der Waals surface area contributed by atoms with Gasteiger partial charge >= 0.3 is 0 Å². The summed E-state index contributed by atoms with van der Waals surface area (Å²) in [6.07, 6.45) is 8.16. The lowest BCUT2D eigenvalue weighted by Crippen LogP contribution is -2.13. The Morgan fingerprint density at radius 3 is 2.58 bits per heavy atom. The van der Waals surface area contributed by atoms with Gasteiger partial charge in [0.25, 0.3) is 0 Å². The molecule has 1 heteroatoms. The van der Waals surface area contributed by atoms with E-state index < -0.39 is 0 Å². The van der Waals surface area contributed by atoms with Crippen LogP contribution >= 0.6 is 0 Å². The average Bonchev–Trinajstić information content (AvgIpc) is 3.19. The predicted octanol–water partition coefficient (Wildman–Crippen LogP) is 4.44. The standard InChI is InChI=1S/C18H21N/c1-13-4-3-5-18(13)14(2)19-12-15-6-8-16(9-7-15)17-10-11-17/h3,5-9,17,19H,2,4,10-12H2,1H3. The zero-order chi connectivity index (χ0) is 13.2. The van der Waals surface area contributed by atoms with E-state index in [4.69, 9.17) is 0 Å². The van der Waals surface area contributed by atoms with Crippen molar-refractivity contribution in [1.82, 2.24) is 5.32 Å². The second-order valence-corrected chi connectivity index (χ2v) is 5.65. The highest BCUT2D eigenvalue weighted by atomic mass is 14.9. The Balaban J connectivity index is 1.58. The molecule has 0 bridgehead atoms. The predicted molar refractivity (Wildman–Crippen MR) is 80.9 cm³/mol. The van der Waals surface area contributed by atoms with E-state index in [1.54, 1.807) is 0 Å². The van der Waals surface area contributed by atoms with Gasteiger partial charge in [-0.1, -0.05) is 48.6 Å². The van der Waals surface area contributed by atoms with Crippen molar-refractivity contribution in [3.63, 3.8) is 0 Å². The third-order valence-corrected chi connectivity index (χ3v) is 4.03. The van der Waals surface area contributed by atoms with Crippen molar-refractivity contribution >= 4 is 0 Å². The van der Waals surface area contributed by atoms with E-state index in [9.17, 15) is 0 Å². The molecule has 2 aliphatic carbocycles. The Hall–Kier alpha value is -1.76. The molecular formula is C18H21N. The summed E-state index contributed by atoms with van der Waals surface area (Å²) in [6.45, 7) is 7.17. The Morgan fingerprint density at radius 1 is 1.26 bits per heavy atom. The first-order valence-electron chi connectivity index (χ1n) is 7.12. The minimum absolute atomic E-state index is 0.841. The number of allylic oxidation sites excluding steroid dienone is 3. The van der Waals surface area contributed by atoms with Crippen molar-refractivity contribution in [3.8, 4) is 0 Å². The Labute approximate surface area is 115 Å². The first-order valence-corrected chi connectivity index (χ1v) is 7.12. The maximum absolute atomic E-state index is 4.14. The molecule has 0 atom stereocenters. The van der Waals surface area contributed by atoms with E-state index in [0.29, 0.717) is 0 Å². The second kappa shape index (κ2) is 5.08. The van der Waals surface area contributed by atoms with Crippen molar-refractivity contribution in [2.45, 2.75) is 38.6 Å². The van der Waals surface area contributed by atoms with E-state index in [-0.39, 0.29) is 0 Å². The Morgan fingerprint density at radius 2 is 2.00 bits per heavy atom. The molecular weight excluding hydrogens is 230 g/mol. The molecule has 1 saturated carbocycles. The van der Waals surface area contributed by atoms with Crippen LogP contribution in [0.3, 0.4) is 0 Å². The van der Waals surface area contributed by atoms with E-state index >= 15 is 0 Å². The van der Waals surface area contributed by atoms with Gasteiger partial charge in [0.2, 0.25) is 0 Å². The van der Waals surface area contributed by atoms with Crippen LogP contribution in [0.5, 0.6) is 0 Å². The minimum Gasteiger partial charge on any atom is -0.381 e. The zero-order valence-corrected chi connectivity index (χ0v) is 11.6. The lowest BCUT2D eigenvalue weighted by Gasteiger charge is -2.11. The molecule has 0 amide bonds. The summed E-state index contributed by atoms with van der Waals surface area (Å²) in [5, 5.41) is 3.43. The fourth-order valence-corrected chi connectivity index (χ4v) is 2.59. The third kappa shape index (κ3) is 2.81. The SMILES string of the molecule is C=C(NCc1ccc(C2CC2)cc1)C1=C(C)CC=C1. The second-order valence-electron chi connectivity index (χ2n) is 5.65. The van der Waals surface area contributed by atoms with Crippen molar-refractivity contribution in [2.24, 2.45) is 0 Å². The summed E-state index contributed by atoms with van der Waals surface area (Å²) in [5.41, 5.74) is 6.54. The van der Waals surface area contributed by atoms with Crippen LogP contribution in [0.2, 0.25) is 0 Å². The number of hydrogen-bond acceptors (Lipinski definition) is 1. The summed E-state index contributed by atoms with van der Waals surface area (Å²) < 4.78 is 0. The first-order chi connectivity index (χ1) is 9.24. The molecule has 1 aromatic carbocycles. The molecule has 0 spiro atoms. The monoisotopic (exact) mass is 251 g/mol. The molecule has 3 rings (SSSR count). The van der Waals surface area contributed by atoms with Crippen LogP contribution in [0.4, 0.5) is 0 Å². The van der Waals surface area contributed by atoms with Crippen LogP contribution in [-0.2, 0) is 6.54 Å². The van der Waals surface area contributed by atoms with Gasteiger partial charge in [-0.25, -0.2) is 0 Å². The van der Waals surface area contributed by atoms with Crippen LogP contribution < -0.4 is 5.32 Å². The lowest BCUT2D eigenvalue weighted by atomic mass is 10.1. The minimum atomic E-state index is 0.841. The quantitative estimate of drug-likeness (QED) is 0.815. The zero-order valence-electron chi connectivity index (χ0n) is 11.6. The van der Waals surface area contributed by atoms with Crippen molar-refractivity contribution < 1.29 is 0 Å². The van der Waals surface area contributed by atoms with Crippen molar-refractivity contribution in [1.29, 1.82) is 0 Å². The van der Waals surface area contributed by atoms with Gasteiger partial charge in [-0.15, -0.1) is 0 Å².